The zero-order chi connectivity index (χ0) is 17.3. The lowest BCUT2D eigenvalue weighted by Crippen LogP contribution is -2.51. The Hall–Kier alpha value is -2.05. The van der Waals surface area contributed by atoms with Gasteiger partial charge in [0.2, 0.25) is 11.9 Å². The molecule has 0 radical (unpaired) electrons. The van der Waals surface area contributed by atoms with Gasteiger partial charge in [-0.2, -0.15) is 9.97 Å². The molecule has 1 aromatic heterocycles. The summed E-state index contributed by atoms with van der Waals surface area (Å²) in [6.45, 7) is 11.0. The first-order valence-corrected chi connectivity index (χ1v) is 8.78. The van der Waals surface area contributed by atoms with Crippen molar-refractivity contribution in [3.05, 3.63) is 6.07 Å². The van der Waals surface area contributed by atoms with Crippen LogP contribution in [-0.4, -0.2) is 60.0 Å². The van der Waals surface area contributed by atoms with E-state index < -0.39 is 0 Å². The molecule has 0 aromatic carbocycles. The molecular weight excluding hydrogens is 304 g/mol. The van der Waals surface area contributed by atoms with Gasteiger partial charge in [-0.15, -0.1) is 0 Å². The van der Waals surface area contributed by atoms with Gasteiger partial charge in [0.15, 0.2) is 0 Å². The molecule has 0 aliphatic carbocycles. The highest BCUT2D eigenvalue weighted by Crippen LogP contribution is 2.25. The lowest BCUT2D eigenvalue weighted by Gasteiger charge is -2.38. The van der Waals surface area contributed by atoms with Crippen LogP contribution in [0.15, 0.2) is 6.07 Å². The van der Waals surface area contributed by atoms with Crippen molar-refractivity contribution in [2.75, 3.05) is 54.8 Å². The Morgan fingerprint density at radius 1 is 0.958 bits per heavy atom. The smallest absolute Gasteiger partial charge is 0.228 e. The fourth-order valence-electron chi connectivity index (χ4n) is 3.32. The van der Waals surface area contributed by atoms with E-state index in [-0.39, 0.29) is 11.3 Å². The van der Waals surface area contributed by atoms with E-state index in [0.717, 1.165) is 50.9 Å². The number of aromatic nitrogens is 2. The summed E-state index contributed by atoms with van der Waals surface area (Å²) in [6.07, 6.45) is 2.40. The van der Waals surface area contributed by atoms with E-state index in [4.69, 9.17) is 5.73 Å². The minimum atomic E-state index is -0.329. The molecule has 2 fully saturated rings. The number of nitrogens with two attached hydrogens (primary N) is 1. The first-order valence-electron chi connectivity index (χ1n) is 8.78. The van der Waals surface area contributed by atoms with Crippen molar-refractivity contribution >= 4 is 23.5 Å². The van der Waals surface area contributed by atoms with Gasteiger partial charge < -0.3 is 20.4 Å². The fourth-order valence-corrected chi connectivity index (χ4v) is 3.32. The molecule has 2 aliphatic heterocycles. The van der Waals surface area contributed by atoms with Crippen LogP contribution in [0.2, 0.25) is 0 Å². The molecule has 1 amide bonds. The van der Waals surface area contributed by atoms with Crippen molar-refractivity contribution in [2.45, 2.75) is 33.6 Å². The van der Waals surface area contributed by atoms with E-state index in [1.54, 1.807) is 0 Å². The molecule has 1 aromatic rings. The van der Waals surface area contributed by atoms with Crippen LogP contribution in [0.3, 0.4) is 0 Å². The van der Waals surface area contributed by atoms with Crippen molar-refractivity contribution in [2.24, 2.45) is 5.41 Å². The summed E-state index contributed by atoms with van der Waals surface area (Å²) in [5.41, 5.74) is 5.60. The maximum absolute atomic E-state index is 12.4. The molecule has 2 N–H and O–H groups in total. The van der Waals surface area contributed by atoms with Crippen LogP contribution in [0.1, 0.15) is 33.6 Å². The second-order valence-corrected chi connectivity index (χ2v) is 7.67. The lowest BCUT2D eigenvalue weighted by atomic mass is 9.94. The van der Waals surface area contributed by atoms with Crippen LogP contribution in [-0.2, 0) is 4.79 Å². The summed E-state index contributed by atoms with van der Waals surface area (Å²) in [5.74, 6) is 2.32. The van der Waals surface area contributed by atoms with Gasteiger partial charge in [-0.25, -0.2) is 0 Å². The Morgan fingerprint density at radius 2 is 1.46 bits per heavy atom. The van der Waals surface area contributed by atoms with Crippen LogP contribution in [0.4, 0.5) is 17.6 Å². The quantitative estimate of drug-likeness (QED) is 0.881. The molecule has 0 bridgehead atoms. The summed E-state index contributed by atoms with van der Waals surface area (Å²) in [5, 5.41) is 0. The van der Waals surface area contributed by atoms with Crippen molar-refractivity contribution in [1.29, 1.82) is 0 Å². The Morgan fingerprint density at radius 3 is 1.96 bits per heavy atom. The van der Waals surface area contributed by atoms with Crippen molar-refractivity contribution in [1.82, 2.24) is 14.9 Å². The van der Waals surface area contributed by atoms with Gasteiger partial charge in [-0.3, -0.25) is 4.79 Å². The van der Waals surface area contributed by atoms with Crippen molar-refractivity contribution in [3.63, 3.8) is 0 Å². The van der Waals surface area contributed by atoms with Crippen LogP contribution in [0, 0.1) is 5.41 Å². The summed E-state index contributed by atoms with van der Waals surface area (Å²) in [6, 6.07) is 2.03. The van der Waals surface area contributed by atoms with Gasteiger partial charge >= 0.3 is 0 Å². The molecule has 2 saturated heterocycles. The van der Waals surface area contributed by atoms with Gasteiger partial charge in [-0.1, -0.05) is 20.8 Å². The maximum Gasteiger partial charge on any atom is 0.228 e. The number of carbonyl (C=O) groups is 1. The normalized spacial score (nSPS) is 19.0. The van der Waals surface area contributed by atoms with Gasteiger partial charge in [0.25, 0.3) is 0 Å². The number of nitrogen functional groups attached to an aromatic ring is 1. The molecule has 24 heavy (non-hydrogen) atoms. The third-order valence-corrected chi connectivity index (χ3v) is 4.68. The van der Waals surface area contributed by atoms with Crippen LogP contribution >= 0.6 is 0 Å². The van der Waals surface area contributed by atoms with E-state index in [1.807, 2.05) is 31.7 Å². The van der Waals surface area contributed by atoms with Gasteiger partial charge in [-0.05, 0) is 12.8 Å². The SMILES string of the molecule is CC(C)(C)C(=O)N1CCN(c2cc(N3CCCC3)nc(N)n2)CC1. The predicted molar refractivity (Wildman–Crippen MR) is 96.1 cm³/mol. The van der Waals surface area contributed by atoms with E-state index in [0.29, 0.717) is 5.95 Å². The van der Waals surface area contributed by atoms with Crippen molar-refractivity contribution in [3.8, 4) is 0 Å². The molecule has 3 heterocycles. The van der Waals surface area contributed by atoms with Gasteiger partial charge in [0.05, 0.1) is 0 Å². The topological polar surface area (TPSA) is 78.6 Å². The Labute approximate surface area is 143 Å². The number of rotatable bonds is 2. The van der Waals surface area contributed by atoms with Crippen LogP contribution in [0.25, 0.3) is 0 Å². The summed E-state index contributed by atoms with van der Waals surface area (Å²) < 4.78 is 0. The molecule has 132 valence electrons. The van der Waals surface area contributed by atoms with E-state index in [1.165, 1.54) is 12.8 Å². The molecule has 3 rings (SSSR count). The first-order chi connectivity index (χ1) is 11.3. The average Bonchev–Trinajstić information content (AvgIpc) is 3.07. The Kier molecular flexibility index (Phi) is 4.51. The fraction of sp³-hybridized carbons (Fsp3) is 0.706. The molecule has 0 saturated carbocycles. The highest BCUT2D eigenvalue weighted by molar-refractivity contribution is 5.81. The minimum absolute atomic E-state index is 0.210. The van der Waals surface area contributed by atoms with E-state index in [2.05, 4.69) is 19.8 Å². The van der Waals surface area contributed by atoms with Gasteiger partial charge in [0, 0.05) is 50.7 Å². The van der Waals surface area contributed by atoms with Crippen molar-refractivity contribution < 1.29 is 4.79 Å². The zero-order valence-corrected chi connectivity index (χ0v) is 15.0. The zero-order valence-electron chi connectivity index (χ0n) is 15.0. The summed E-state index contributed by atoms with van der Waals surface area (Å²) >= 11 is 0. The third-order valence-electron chi connectivity index (χ3n) is 4.68. The molecule has 0 unspecified atom stereocenters. The minimum Gasteiger partial charge on any atom is -0.368 e. The Balaban J connectivity index is 1.69. The molecule has 0 atom stereocenters. The number of piperazine rings is 1. The third kappa shape index (κ3) is 3.55. The highest BCUT2D eigenvalue weighted by atomic mass is 16.2. The summed E-state index contributed by atoms with van der Waals surface area (Å²) in [4.78, 5) is 27.6. The second-order valence-electron chi connectivity index (χ2n) is 7.67. The lowest BCUT2D eigenvalue weighted by molar-refractivity contribution is -0.139. The van der Waals surface area contributed by atoms with E-state index in [9.17, 15) is 4.79 Å². The number of nitrogens with zero attached hydrogens (tertiary/aromatic N) is 5. The molecule has 7 nitrogen and oxygen atoms in total. The van der Waals surface area contributed by atoms with Crippen LogP contribution in [0.5, 0.6) is 0 Å². The predicted octanol–water partition coefficient (Wildman–Crippen LogP) is 1.35. The average molecular weight is 332 g/mol. The monoisotopic (exact) mass is 332 g/mol. The number of carbonyl (C=O) groups excluding carboxylic acids is 1. The maximum atomic E-state index is 12.4. The largest absolute Gasteiger partial charge is 0.368 e. The molecule has 7 heteroatoms. The Bertz CT molecular complexity index is 598. The number of amides is 1. The molecule has 2 aliphatic rings. The highest BCUT2D eigenvalue weighted by Gasteiger charge is 2.30. The van der Waals surface area contributed by atoms with Gasteiger partial charge in [0.1, 0.15) is 11.6 Å². The number of hydrogen-bond donors (Lipinski definition) is 1. The second kappa shape index (κ2) is 6.45. The standard InChI is InChI=1S/C17H28N6O/c1-17(2,3)15(24)23-10-8-22(9-11-23)14-12-13(19-16(18)20-14)21-6-4-5-7-21/h12H,4-11H2,1-3H3,(H2,18,19,20). The number of anilines is 3. The molecule has 0 spiro atoms. The first kappa shape index (κ1) is 16.8. The van der Waals surface area contributed by atoms with E-state index >= 15 is 0 Å². The van der Waals surface area contributed by atoms with Crippen LogP contribution < -0.4 is 15.5 Å². The molecular formula is C17H28N6O. The number of hydrogen-bond acceptors (Lipinski definition) is 6. The summed E-state index contributed by atoms with van der Waals surface area (Å²) in [7, 11) is 0.